The fourth-order valence-corrected chi connectivity index (χ4v) is 3.81. The molecule has 0 spiro atoms. The van der Waals surface area contributed by atoms with Gasteiger partial charge >= 0.3 is 0 Å². The van der Waals surface area contributed by atoms with Gasteiger partial charge in [-0.25, -0.2) is 0 Å². The summed E-state index contributed by atoms with van der Waals surface area (Å²) >= 11 is 0. The second-order valence-electron chi connectivity index (χ2n) is 7.44. The predicted molar refractivity (Wildman–Crippen MR) is 114 cm³/mol. The van der Waals surface area contributed by atoms with Crippen molar-refractivity contribution >= 4 is 11.7 Å². The first-order chi connectivity index (χ1) is 14.5. The van der Waals surface area contributed by atoms with E-state index < -0.39 is 0 Å². The van der Waals surface area contributed by atoms with Gasteiger partial charge in [-0.05, 0) is 55.7 Å². The van der Waals surface area contributed by atoms with E-state index in [9.17, 15) is 9.59 Å². The highest BCUT2D eigenvalue weighted by Crippen LogP contribution is 2.32. The fraction of sp³-hybridized carbons (Fsp3) is 0.417. The SMILES string of the molecule is COc1ccc([C@H]2CCCCCN2C(=O)COc2ccc(C(C)=O)cc2OC)cc1. The van der Waals surface area contributed by atoms with Crippen molar-refractivity contribution in [1.82, 2.24) is 4.90 Å². The summed E-state index contributed by atoms with van der Waals surface area (Å²) in [7, 11) is 3.16. The predicted octanol–water partition coefficient (Wildman–Crippen LogP) is 4.43. The number of carbonyl (C=O) groups is 2. The Hall–Kier alpha value is -3.02. The third-order valence-electron chi connectivity index (χ3n) is 5.50. The van der Waals surface area contributed by atoms with Gasteiger partial charge in [-0.15, -0.1) is 0 Å². The summed E-state index contributed by atoms with van der Waals surface area (Å²) in [5.74, 6) is 1.58. The summed E-state index contributed by atoms with van der Waals surface area (Å²) in [6, 6.07) is 12.9. The molecule has 0 radical (unpaired) electrons. The lowest BCUT2D eigenvalue weighted by Gasteiger charge is -2.30. The van der Waals surface area contributed by atoms with E-state index in [1.165, 1.54) is 14.0 Å². The number of nitrogens with zero attached hydrogens (tertiary/aromatic N) is 1. The minimum Gasteiger partial charge on any atom is -0.497 e. The average molecular weight is 411 g/mol. The van der Waals surface area contributed by atoms with Gasteiger partial charge in [0.25, 0.3) is 5.91 Å². The summed E-state index contributed by atoms with van der Waals surface area (Å²) in [5.41, 5.74) is 1.65. The summed E-state index contributed by atoms with van der Waals surface area (Å²) in [4.78, 5) is 26.6. The molecule has 0 aromatic heterocycles. The summed E-state index contributed by atoms with van der Waals surface area (Å²) < 4.78 is 16.4. The smallest absolute Gasteiger partial charge is 0.261 e. The maximum absolute atomic E-state index is 13.1. The molecular formula is C24H29NO5. The number of hydrogen-bond donors (Lipinski definition) is 0. The van der Waals surface area contributed by atoms with E-state index in [2.05, 4.69) is 0 Å². The summed E-state index contributed by atoms with van der Waals surface area (Å²) in [6.07, 6.45) is 4.10. The maximum atomic E-state index is 13.1. The lowest BCUT2D eigenvalue weighted by atomic mass is 10.0. The monoisotopic (exact) mass is 411 g/mol. The Labute approximate surface area is 177 Å². The van der Waals surface area contributed by atoms with Crippen LogP contribution in [0.1, 0.15) is 54.6 Å². The van der Waals surface area contributed by atoms with Gasteiger partial charge in [-0.2, -0.15) is 0 Å². The second kappa shape index (κ2) is 10.1. The molecule has 160 valence electrons. The van der Waals surface area contributed by atoms with E-state index >= 15 is 0 Å². The Bertz CT molecular complexity index is 878. The van der Waals surface area contributed by atoms with Crippen LogP contribution in [0, 0.1) is 0 Å². The van der Waals surface area contributed by atoms with Crippen LogP contribution in [0.3, 0.4) is 0 Å². The van der Waals surface area contributed by atoms with Crippen LogP contribution in [-0.2, 0) is 4.79 Å². The van der Waals surface area contributed by atoms with Gasteiger partial charge in [0.2, 0.25) is 0 Å². The number of carbonyl (C=O) groups excluding carboxylic acids is 2. The van der Waals surface area contributed by atoms with E-state index in [0.29, 0.717) is 23.6 Å². The largest absolute Gasteiger partial charge is 0.497 e. The van der Waals surface area contributed by atoms with Crippen molar-refractivity contribution in [2.24, 2.45) is 0 Å². The van der Waals surface area contributed by atoms with E-state index in [1.807, 2.05) is 29.2 Å². The van der Waals surface area contributed by atoms with Crippen molar-refractivity contribution in [1.29, 1.82) is 0 Å². The van der Waals surface area contributed by atoms with Crippen LogP contribution in [0.15, 0.2) is 42.5 Å². The first kappa shape index (κ1) is 21.7. The molecule has 1 heterocycles. The molecule has 2 aromatic carbocycles. The zero-order valence-corrected chi connectivity index (χ0v) is 17.8. The van der Waals surface area contributed by atoms with Crippen molar-refractivity contribution in [3.63, 3.8) is 0 Å². The Morgan fingerprint density at radius 2 is 1.73 bits per heavy atom. The lowest BCUT2D eigenvalue weighted by Crippen LogP contribution is -2.38. The van der Waals surface area contributed by atoms with Crippen molar-refractivity contribution in [3.8, 4) is 17.2 Å². The van der Waals surface area contributed by atoms with Crippen molar-refractivity contribution in [3.05, 3.63) is 53.6 Å². The Balaban J connectivity index is 1.74. The zero-order valence-electron chi connectivity index (χ0n) is 17.8. The van der Waals surface area contributed by atoms with Crippen LogP contribution in [-0.4, -0.2) is 44.0 Å². The number of likely N-dealkylation sites (tertiary alicyclic amines) is 1. The summed E-state index contributed by atoms with van der Waals surface area (Å²) in [6.45, 7) is 2.12. The summed E-state index contributed by atoms with van der Waals surface area (Å²) in [5, 5.41) is 0. The minimum atomic E-state index is -0.0809. The molecule has 1 amide bonds. The lowest BCUT2D eigenvalue weighted by molar-refractivity contribution is -0.135. The first-order valence-electron chi connectivity index (χ1n) is 10.3. The number of hydrogen-bond acceptors (Lipinski definition) is 5. The molecule has 0 unspecified atom stereocenters. The van der Waals surface area contributed by atoms with Gasteiger partial charge in [0.1, 0.15) is 5.75 Å². The molecule has 6 heteroatoms. The molecule has 1 fully saturated rings. The fourth-order valence-electron chi connectivity index (χ4n) is 3.81. The third kappa shape index (κ3) is 5.12. The number of ketones is 1. The molecule has 0 saturated carbocycles. The quantitative estimate of drug-likeness (QED) is 0.631. The van der Waals surface area contributed by atoms with Gasteiger partial charge in [0.05, 0.1) is 20.3 Å². The van der Waals surface area contributed by atoms with Gasteiger partial charge in [0.15, 0.2) is 23.9 Å². The van der Waals surface area contributed by atoms with Gasteiger partial charge < -0.3 is 19.1 Å². The van der Waals surface area contributed by atoms with Gasteiger partial charge in [0, 0.05) is 12.1 Å². The standard InChI is InChI=1S/C24H29NO5/c1-17(26)19-10-13-22(23(15-19)29-3)30-16-24(27)25-14-6-4-5-7-21(25)18-8-11-20(28-2)12-9-18/h8-13,15,21H,4-7,14,16H2,1-3H3/t21-/m1/s1. The van der Waals surface area contributed by atoms with E-state index in [0.717, 1.165) is 37.0 Å². The maximum Gasteiger partial charge on any atom is 0.261 e. The molecular weight excluding hydrogens is 382 g/mol. The van der Waals surface area contributed by atoms with E-state index in [1.54, 1.807) is 25.3 Å². The van der Waals surface area contributed by atoms with Gasteiger partial charge in [-0.1, -0.05) is 25.0 Å². The van der Waals surface area contributed by atoms with Crippen LogP contribution >= 0.6 is 0 Å². The third-order valence-corrected chi connectivity index (χ3v) is 5.50. The highest BCUT2D eigenvalue weighted by atomic mass is 16.5. The second-order valence-corrected chi connectivity index (χ2v) is 7.44. The van der Waals surface area contributed by atoms with Crippen LogP contribution in [0.2, 0.25) is 0 Å². The Morgan fingerprint density at radius 1 is 0.967 bits per heavy atom. The number of Topliss-reactive ketones (excluding diaryl/α,β-unsaturated/α-hetero) is 1. The number of amides is 1. The number of ether oxygens (including phenoxy) is 3. The molecule has 6 nitrogen and oxygen atoms in total. The number of methoxy groups -OCH3 is 2. The zero-order chi connectivity index (χ0) is 21.5. The Morgan fingerprint density at radius 3 is 2.40 bits per heavy atom. The van der Waals surface area contributed by atoms with Crippen LogP contribution in [0.5, 0.6) is 17.2 Å². The number of benzene rings is 2. The van der Waals surface area contributed by atoms with Crippen molar-refractivity contribution in [2.75, 3.05) is 27.4 Å². The van der Waals surface area contributed by atoms with Crippen LogP contribution < -0.4 is 14.2 Å². The molecule has 1 saturated heterocycles. The average Bonchev–Trinajstić information content (AvgIpc) is 3.03. The molecule has 1 aliphatic rings. The van der Waals surface area contributed by atoms with Crippen LogP contribution in [0.25, 0.3) is 0 Å². The van der Waals surface area contributed by atoms with Gasteiger partial charge in [-0.3, -0.25) is 9.59 Å². The molecule has 1 atom stereocenters. The Kier molecular flexibility index (Phi) is 7.33. The van der Waals surface area contributed by atoms with E-state index in [4.69, 9.17) is 14.2 Å². The van der Waals surface area contributed by atoms with Crippen molar-refractivity contribution in [2.45, 2.75) is 38.6 Å². The van der Waals surface area contributed by atoms with Crippen molar-refractivity contribution < 1.29 is 23.8 Å². The molecule has 2 aromatic rings. The molecule has 0 bridgehead atoms. The molecule has 0 N–H and O–H groups in total. The molecule has 3 rings (SSSR count). The number of rotatable bonds is 7. The minimum absolute atomic E-state index is 0.0245. The first-order valence-corrected chi connectivity index (χ1v) is 10.3. The molecule has 30 heavy (non-hydrogen) atoms. The normalized spacial score (nSPS) is 16.5. The van der Waals surface area contributed by atoms with E-state index in [-0.39, 0.29) is 24.3 Å². The van der Waals surface area contributed by atoms with Crippen LogP contribution in [0.4, 0.5) is 0 Å². The molecule has 1 aliphatic heterocycles. The highest BCUT2D eigenvalue weighted by Gasteiger charge is 2.27. The topological polar surface area (TPSA) is 65.1 Å². The highest BCUT2D eigenvalue weighted by molar-refractivity contribution is 5.94. The molecule has 0 aliphatic carbocycles.